The molecule has 0 atom stereocenters. The van der Waals surface area contributed by atoms with Crippen LogP contribution in [0.2, 0.25) is 0 Å². The minimum atomic E-state index is -4.19. The molecule has 1 heterocycles. The first-order chi connectivity index (χ1) is 12.8. The molecule has 5 nitrogen and oxygen atoms in total. The lowest BCUT2D eigenvalue weighted by Crippen LogP contribution is -2.51. The number of benzene rings is 2. The van der Waals surface area contributed by atoms with Gasteiger partial charge >= 0.3 is 0 Å². The minimum absolute atomic E-state index is 0.0204. The number of hydrogen-bond donors (Lipinski definition) is 0. The Morgan fingerprint density at radius 2 is 1.48 bits per heavy atom. The van der Waals surface area contributed by atoms with Gasteiger partial charge in [-0.05, 0) is 35.9 Å². The molecule has 2 aromatic carbocycles. The summed E-state index contributed by atoms with van der Waals surface area (Å²) in [6, 6.07) is 7.82. The van der Waals surface area contributed by atoms with E-state index in [-0.39, 0.29) is 38.5 Å². The molecule has 3 rings (SSSR count). The number of hydrogen-bond acceptors (Lipinski definition) is 3. The summed E-state index contributed by atoms with van der Waals surface area (Å²) in [6.07, 6.45) is 0.0750. The highest BCUT2D eigenvalue weighted by Crippen LogP contribution is 2.22. The molecule has 0 unspecified atom stereocenters. The number of nitrogens with zero attached hydrogens (tertiary/aromatic N) is 2. The Morgan fingerprint density at radius 3 is 2.11 bits per heavy atom. The lowest BCUT2D eigenvalue weighted by atomic mass is 10.1. The van der Waals surface area contributed by atoms with Gasteiger partial charge in [-0.3, -0.25) is 4.79 Å². The van der Waals surface area contributed by atoms with Gasteiger partial charge in [0.2, 0.25) is 15.9 Å². The van der Waals surface area contributed by atoms with Crippen molar-refractivity contribution in [2.75, 3.05) is 26.2 Å². The molecule has 0 bridgehead atoms. The van der Waals surface area contributed by atoms with Crippen LogP contribution in [0.5, 0.6) is 0 Å². The lowest BCUT2D eigenvalue weighted by molar-refractivity contribution is -0.131. The van der Waals surface area contributed by atoms with Gasteiger partial charge < -0.3 is 4.90 Å². The first-order valence-corrected chi connectivity index (χ1v) is 9.69. The second-order valence-corrected chi connectivity index (χ2v) is 8.07. The average Bonchev–Trinajstić information content (AvgIpc) is 2.65. The molecule has 0 saturated carbocycles. The number of sulfonamides is 1. The van der Waals surface area contributed by atoms with E-state index in [1.807, 2.05) is 0 Å². The molecule has 1 saturated heterocycles. The van der Waals surface area contributed by atoms with Crippen LogP contribution in [-0.4, -0.2) is 49.7 Å². The summed E-state index contributed by atoms with van der Waals surface area (Å²) >= 11 is 0. The number of halogens is 3. The van der Waals surface area contributed by atoms with Crippen molar-refractivity contribution in [3.05, 3.63) is 65.5 Å². The fourth-order valence-corrected chi connectivity index (χ4v) is 4.38. The Kier molecular flexibility index (Phi) is 5.52. The summed E-state index contributed by atoms with van der Waals surface area (Å²) in [5.74, 6) is -2.47. The van der Waals surface area contributed by atoms with Crippen molar-refractivity contribution in [3.63, 3.8) is 0 Å². The molecule has 1 aliphatic heterocycles. The van der Waals surface area contributed by atoms with Crippen LogP contribution in [0, 0.1) is 17.5 Å². The zero-order valence-electron chi connectivity index (χ0n) is 14.2. The van der Waals surface area contributed by atoms with Gasteiger partial charge in [-0.15, -0.1) is 0 Å². The molecule has 0 radical (unpaired) electrons. The van der Waals surface area contributed by atoms with Gasteiger partial charge in [0.25, 0.3) is 0 Å². The van der Waals surface area contributed by atoms with Gasteiger partial charge in [0.1, 0.15) is 22.3 Å². The molecule has 1 aliphatic rings. The first-order valence-electron chi connectivity index (χ1n) is 8.25. The Morgan fingerprint density at radius 1 is 0.889 bits per heavy atom. The standard InChI is InChI=1S/C18H17F3N2O3S/c19-14-3-1-13(2-4-14)11-18(24)22-7-9-23(10-8-22)27(25,26)17-12-15(20)5-6-16(17)21/h1-6,12H,7-11H2. The second-order valence-electron chi connectivity index (χ2n) is 6.16. The van der Waals surface area contributed by atoms with Crippen LogP contribution in [0.25, 0.3) is 0 Å². The Labute approximate surface area is 155 Å². The van der Waals surface area contributed by atoms with Gasteiger partial charge in [-0.2, -0.15) is 4.31 Å². The molecule has 0 N–H and O–H groups in total. The van der Waals surface area contributed by atoms with E-state index in [1.165, 1.54) is 29.2 Å². The van der Waals surface area contributed by atoms with E-state index < -0.39 is 32.4 Å². The summed E-state index contributed by atoms with van der Waals surface area (Å²) < 4.78 is 66.2. The summed E-state index contributed by atoms with van der Waals surface area (Å²) in [4.78, 5) is 13.1. The molecule has 1 fully saturated rings. The topological polar surface area (TPSA) is 57.7 Å². The molecular weight excluding hydrogens is 381 g/mol. The van der Waals surface area contributed by atoms with Crippen molar-refractivity contribution in [1.29, 1.82) is 0 Å². The molecule has 144 valence electrons. The van der Waals surface area contributed by atoms with Gasteiger partial charge in [-0.25, -0.2) is 21.6 Å². The van der Waals surface area contributed by atoms with Crippen LogP contribution in [-0.2, 0) is 21.2 Å². The molecule has 9 heteroatoms. The first kappa shape index (κ1) is 19.4. The fourth-order valence-electron chi connectivity index (χ4n) is 2.88. The number of piperazine rings is 1. The van der Waals surface area contributed by atoms with Gasteiger partial charge in [0.05, 0.1) is 6.42 Å². The Hall–Kier alpha value is -2.39. The van der Waals surface area contributed by atoms with Crippen molar-refractivity contribution in [3.8, 4) is 0 Å². The molecule has 0 spiro atoms. The SMILES string of the molecule is O=C(Cc1ccc(F)cc1)N1CCN(S(=O)(=O)c2cc(F)ccc2F)CC1. The van der Waals surface area contributed by atoms with E-state index in [1.54, 1.807) is 0 Å². The predicted molar refractivity (Wildman–Crippen MR) is 91.8 cm³/mol. The summed E-state index contributed by atoms with van der Waals surface area (Å²) in [5.41, 5.74) is 0.651. The van der Waals surface area contributed by atoms with E-state index in [2.05, 4.69) is 0 Å². The fraction of sp³-hybridized carbons (Fsp3) is 0.278. The van der Waals surface area contributed by atoms with E-state index in [4.69, 9.17) is 0 Å². The van der Waals surface area contributed by atoms with Gasteiger partial charge in [-0.1, -0.05) is 12.1 Å². The minimum Gasteiger partial charge on any atom is -0.340 e. The number of rotatable bonds is 4. The van der Waals surface area contributed by atoms with Crippen LogP contribution in [0.1, 0.15) is 5.56 Å². The number of amides is 1. The summed E-state index contributed by atoms with van der Waals surface area (Å²) in [5, 5.41) is 0. The maximum Gasteiger partial charge on any atom is 0.246 e. The summed E-state index contributed by atoms with van der Waals surface area (Å²) in [7, 11) is -4.19. The predicted octanol–water partition coefficient (Wildman–Crippen LogP) is 2.18. The van der Waals surface area contributed by atoms with E-state index >= 15 is 0 Å². The average molecular weight is 398 g/mol. The highest BCUT2D eigenvalue weighted by atomic mass is 32.2. The van der Waals surface area contributed by atoms with Crippen LogP contribution < -0.4 is 0 Å². The van der Waals surface area contributed by atoms with Gasteiger partial charge in [0, 0.05) is 26.2 Å². The van der Waals surface area contributed by atoms with E-state index in [9.17, 15) is 26.4 Å². The van der Waals surface area contributed by atoms with Crippen molar-refractivity contribution >= 4 is 15.9 Å². The van der Waals surface area contributed by atoms with E-state index in [0.717, 1.165) is 16.4 Å². The highest BCUT2D eigenvalue weighted by Gasteiger charge is 2.32. The monoisotopic (exact) mass is 398 g/mol. The smallest absolute Gasteiger partial charge is 0.246 e. The van der Waals surface area contributed by atoms with E-state index in [0.29, 0.717) is 11.6 Å². The van der Waals surface area contributed by atoms with Crippen LogP contribution in [0.3, 0.4) is 0 Å². The molecule has 0 aliphatic carbocycles. The van der Waals surface area contributed by atoms with Gasteiger partial charge in [0.15, 0.2) is 0 Å². The third kappa shape index (κ3) is 4.30. The molecule has 2 aromatic rings. The molecule has 1 amide bonds. The van der Waals surface area contributed by atoms with Crippen LogP contribution in [0.4, 0.5) is 13.2 Å². The number of carbonyl (C=O) groups excluding carboxylic acids is 1. The quantitative estimate of drug-likeness (QED) is 0.793. The normalized spacial score (nSPS) is 15.7. The second kappa shape index (κ2) is 7.69. The lowest BCUT2D eigenvalue weighted by Gasteiger charge is -2.34. The zero-order valence-corrected chi connectivity index (χ0v) is 15.1. The third-order valence-electron chi connectivity index (χ3n) is 4.37. The number of carbonyl (C=O) groups is 1. The maximum atomic E-state index is 13.8. The molecular formula is C18H17F3N2O3S. The largest absolute Gasteiger partial charge is 0.340 e. The Bertz CT molecular complexity index is 941. The van der Waals surface area contributed by atoms with Crippen LogP contribution in [0.15, 0.2) is 47.4 Å². The molecule has 27 heavy (non-hydrogen) atoms. The third-order valence-corrected chi connectivity index (χ3v) is 6.28. The Balaban J connectivity index is 1.65. The van der Waals surface area contributed by atoms with Crippen molar-refractivity contribution < 1.29 is 26.4 Å². The maximum absolute atomic E-state index is 13.8. The van der Waals surface area contributed by atoms with Crippen molar-refractivity contribution in [1.82, 2.24) is 9.21 Å². The zero-order chi connectivity index (χ0) is 19.6. The highest BCUT2D eigenvalue weighted by molar-refractivity contribution is 7.89. The molecule has 0 aromatic heterocycles. The van der Waals surface area contributed by atoms with Crippen molar-refractivity contribution in [2.24, 2.45) is 0 Å². The van der Waals surface area contributed by atoms with Crippen molar-refractivity contribution in [2.45, 2.75) is 11.3 Å². The van der Waals surface area contributed by atoms with Crippen LogP contribution >= 0.6 is 0 Å². The summed E-state index contributed by atoms with van der Waals surface area (Å²) in [6.45, 7) is 0.229.